The molecule has 3 heterocycles. The van der Waals surface area contributed by atoms with E-state index in [1.54, 1.807) is 11.3 Å². The van der Waals surface area contributed by atoms with Crippen molar-refractivity contribution in [1.82, 2.24) is 9.88 Å². The molecule has 1 saturated heterocycles. The molecular formula is C40H47N3O3S. The van der Waals surface area contributed by atoms with Crippen molar-refractivity contribution in [2.45, 2.75) is 70.5 Å². The highest BCUT2D eigenvalue weighted by Gasteiger charge is 2.74. The van der Waals surface area contributed by atoms with Crippen LogP contribution in [0.5, 0.6) is 0 Å². The maximum absolute atomic E-state index is 15.0. The number of carbonyl (C=O) groups excluding carboxylic acids is 1. The molecular weight excluding hydrogens is 603 g/mol. The lowest BCUT2D eigenvalue weighted by Crippen LogP contribution is -2.67. The molecule has 8 atom stereocenters. The van der Waals surface area contributed by atoms with Crippen molar-refractivity contribution in [2.24, 2.45) is 33.5 Å². The van der Waals surface area contributed by atoms with Gasteiger partial charge in [0.1, 0.15) is 5.82 Å². The number of hydrogen-bond donors (Lipinski definition) is 2. The monoisotopic (exact) mass is 649 g/mol. The van der Waals surface area contributed by atoms with Crippen LogP contribution in [0.3, 0.4) is 0 Å². The minimum atomic E-state index is -0.820. The molecule has 2 N–H and O–H groups in total. The summed E-state index contributed by atoms with van der Waals surface area (Å²) in [6.45, 7) is 9.13. The second-order valence-electron chi connectivity index (χ2n) is 16.2. The Kier molecular flexibility index (Phi) is 6.65. The van der Waals surface area contributed by atoms with Crippen LogP contribution in [-0.2, 0) is 0 Å². The van der Waals surface area contributed by atoms with Crippen LogP contribution in [0.2, 0.25) is 0 Å². The van der Waals surface area contributed by atoms with Crippen LogP contribution in [0.1, 0.15) is 68.5 Å². The highest BCUT2D eigenvalue weighted by Crippen LogP contribution is 2.78. The van der Waals surface area contributed by atoms with Crippen LogP contribution < -0.4 is 4.90 Å². The van der Waals surface area contributed by atoms with Gasteiger partial charge in [-0.1, -0.05) is 56.3 Å². The molecule has 6 nitrogen and oxygen atoms in total. The predicted octanol–water partition coefficient (Wildman–Crippen LogP) is 6.89. The van der Waals surface area contributed by atoms with E-state index in [2.05, 4.69) is 71.1 Å². The molecule has 3 saturated carbocycles. The SMILES string of the molecule is C[C@]12CC[C@H]3[C@]4(C=C[C@@]5(C=C4C(=O)c4cc6ccccc6s4)CC(O)CC[C@]35C)[C@@H]1CC[C@@]2(O)CN1CCN(c2ccccn2)CC1. The summed E-state index contributed by atoms with van der Waals surface area (Å²) in [6.07, 6.45) is 14.8. The van der Waals surface area contributed by atoms with Gasteiger partial charge in [-0.2, -0.15) is 0 Å². The molecule has 2 bridgehead atoms. The van der Waals surface area contributed by atoms with E-state index in [1.165, 1.54) is 0 Å². The van der Waals surface area contributed by atoms with E-state index in [0.29, 0.717) is 18.9 Å². The summed E-state index contributed by atoms with van der Waals surface area (Å²) < 4.78 is 1.14. The summed E-state index contributed by atoms with van der Waals surface area (Å²) in [4.78, 5) is 25.2. The van der Waals surface area contributed by atoms with E-state index in [4.69, 9.17) is 0 Å². The topological polar surface area (TPSA) is 76.9 Å². The number of aliphatic hydroxyl groups excluding tert-OH is 1. The molecule has 6 aliphatic carbocycles. The highest BCUT2D eigenvalue weighted by atomic mass is 32.1. The van der Waals surface area contributed by atoms with Crippen LogP contribution >= 0.6 is 11.3 Å². The van der Waals surface area contributed by atoms with Crippen LogP contribution in [0.25, 0.3) is 10.1 Å². The summed E-state index contributed by atoms with van der Waals surface area (Å²) >= 11 is 1.61. The zero-order valence-corrected chi connectivity index (χ0v) is 28.5. The van der Waals surface area contributed by atoms with Crippen LogP contribution in [-0.4, -0.2) is 70.3 Å². The van der Waals surface area contributed by atoms with Gasteiger partial charge in [0.2, 0.25) is 0 Å². The van der Waals surface area contributed by atoms with E-state index in [-0.39, 0.29) is 34.1 Å². The molecule has 0 radical (unpaired) electrons. The average molecular weight is 650 g/mol. The molecule has 4 fully saturated rings. The normalized spacial score (nSPS) is 41.0. The van der Waals surface area contributed by atoms with Crippen LogP contribution in [0.4, 0.5) is 5.82 Å². The number of anilines is 1. The Bertz CT molecular complexity index is 1760. The maximum atomic E-state index is 15.0. The van der Waals surface area contributed by atoms with Crippen LogP contribution in [0, 0.1) is 33.5 Å². The number of pyridine rings is 1. The summed E-state index contributed by atoms with van der Waals surface area (Å²) in [6, 6.07) is 16.5. The highest BCUT2D eigenvalue weighted by molar-refractivity contribution is 7.21. The lowest BCUT2D eigenvalue weighted by Gasteiger charge is -2.71. The molecule has 246 valence electrons. The number of rotatable bonds is 5. The fourth-order valence-electron chi connectivity index (χ4n) is 11.9. The number of aliphatic hydroxyl groups is 2. The molecule has 47 heavy (non-hydrogen) atoms. The first-order chi connectivity index (χ1) is 22.6. The number of allylic oxidation sites excluding steroid dienone is 4. The number of aromatic nitrogens is 1. The van der Waals surface area contributed by atoms with E-state index in [1.807, 2.05) is 30.5 Å². The smallest absolute Gasteiger partial charge is 0.199 e. The van der Waals surface area contributed by atoms with E-state index in [9.17, 15) is 15.0 Å². The summed E-state index contributed by atoms with van der Waals surface area (Å²) in [5, 5.41) is 25.0. The lowest BCUT2D eigenvalue weighted by molar-refractivity contribution is -0.176. The molecule has 2 aromatic heterocycles. The van der Waals surface area contributed by atoms with Gasteiger partial charge < -0.3 is 15.1 Å². The number of β-amino-alcohol motifs (C(OH)–C–C–N with tert-alkyl or cyclic N) is 1. The molecule has 1 aliphatic heterocycles. The van der Waals surface area contributed by atoms with Gasteiger partial charge in [0.25, 0.3) is 0 Å². The Morgan fingerprint density at radius 3 is 2.47 bits per heavy atom. The van der Waals surface area contributed by atoms with Crippen molar-refractivity contribution in [3.8, 4) is 0 Å². The molecule has 10 rings (SSSR count). The summed E-state index contributed by atoms with van der Waals surface area (Å²) in [7, 11) is 0. The number of benzene rings is 1. The molecule has 7 heteroatoms. The van der Waals surface area contributed by atoms with Crippen molar-refractivity contribution >= 4 is 33.0 Å². The molecule has 1 aromatic carbocycles. The Balaban J connectivity index is 1.08. The van der Waals surface area contributed by atoms with Crippen LogP contribution in [0.15, 0.2) is 78.5 Å². The minimum absolute atomic E-state index is 0.0191. The number of ketones is 1. The standard InChI is InChI=1S/C40H47N3O3S/c1-36-13-10-28(44)24-38(36)16-17-40(29(25-38)35(45)31-23-27-7-3-4-8-30(27)47-31)32(36)11-14-37(2)33(40)12-15-39(37,46)26-42-19-21-43(22-20-42)34-9-5-6-18-41-34/h3-9,16-18,23,25,28,32-33,44,46H,10-15,19-22,24,26H2,1-2H3/t28?,32-,33-,36-,37+,38+,39-,40-/m1/s1. The number of carbonyl (C=O) groups is 1. The number of thiophene rings is 1. The fraction of sp³-hybridized carbons (Fsp3) is 0.550. The van der Waals surface area contributed by atoms with Gasteiger partial charge in [0, 0.05) is 65.4 Å². The van der Waals surface area contributed by atoms with Gasteiger partial charge in [-0.15, -0.1) is 11.3 Å². The van der Waals surface area contributed by atoms with Crippen molar-refractivity contribution < 1.29 is 15.0 Å². The first kappa shape index (κ1) is 30.2. The number of Topliss-reactive ketones (excluding diaryl/α,β-unsaturated/α-hetero) is 1. The van der Waals surface area contributed by atoms with Gasteiger partial charge in [0.05, 0.1) is 16.6 Å². The minimum Gasteiger partial charge on any atom is -0.393 e. The maximum Gasteiger partial charge on any atom is 0.199 e. The Morgan fingerprint density at radius 1 is 0.936 bits per heavy atom. The largest absolute Gasteiger partial charge is 0.393 e. The van der Waals surface area contributed by atoms with Crippen molar-refractivity contribution in [3.05, 3.63) is 83.4 Å². The average Bonchev–Trinajstić information content (AvgIpc) is 3.63. The second kappa shape index (κ2) is 10.3. The van der Waals surface area contributed by atoms with E-state index >= 15 is 0 Å². The summed E-state index contributed by atoms with van der Waals surface area (Å²) in [5.41, 5.74) is -0.926. The van der Waals surface area contributed by atoms with Gasteiger partial charge in [-0.25, -0.2) is 4.98 Å². The zero-order valence-electron chi connectivity index (χ0n) is 27.7. The Hall–Kier alpha value is -2.84. The zero-order chi connectivity index (χ0) is 32.2. The predicted molar refractivity (Wildman–Crippen MR) is 188 cm³/mol. The van der Waals surface area contributed by atoms with Crippen molar-refractivity contribution in [3.63, 3.8) is 0 Å². The molecule has 0 amide bonds. The fourth-order valence-corrected chi connectivity index (χ4v) is 12.9. The first-order valence-electron chi connectivity index (χ1n) is 17.9. The Labute approximate surface area is 282 Å². The van der Waals surface area contributed by atoms with Gasteiger partial charge >= 0.3 is 0 Å². The van der Waals surface area contributed by atoms with Gasteiger partial charge in [0.15, 0.2) is 5.78 Å². The van der Waals surface area contributed by atoms with Crippen molar-refractivity contribution in [1.29, 1.82) is 0 Å². The molecule has 2 spiro atoms. The first-order valence-corrected chi connectivity index (χ1v) is 18.7. The number of piperazine rings is 1. The second-order valence-corrected chi connectivity index (χ2v) is 17.3. The van der Waals surface area contributed by atoms with Crippen molar-refractivity contribution in [2.75, 3.05) is 37.6 Å². The van der Waals surface area contributed by atoms with Gasteiger partial charge in [-0.3, -0.25) is 9.69 Å². The Morgan fingerprint density at radius 2 is 1.68 bits per heavy atom. The molecule has 3 aromatic rings. The number of hydrogen-bond acceptors (Lipinski definition) is 7. The lowest BCUT2D eigenvalue weighted by atomic mass is 9.32. The van der Waals surface area contributed by atoms with E-state index in [0.717, 1.165) is 91.1 Å². The number of nitrogens with zero attached hydrogens (tertiary/aromatic N) is 3. The third-order valence-corrected chi connectivity index (χ3v) is 15.6. The number of fused-ring (bicyclic) bond motifs is 2. The third kappa shape index (κ3) is 4.06. The summed E-state index contributed by atoms with van der Waals surface area (Å²) in [5.74, 6) is 1.68. The van der Waals surface area contributed by atoms with E-state index < -0.39 is 11.0 Å². The quantitative estimate of drug-likeness (QED) is 0.232. The third-order valence-electron chi connectivity index (χ3n) is 14.4. The molecule has 7 aliphatic rings. The van der Waals surface area contributed by atoms with Gasteiger partial charge in [-0.05, 0) is 91.8 Å². The molecule has 1 unspecified atom stereocenters.